The number of aromatic nitrogens is 2. The maximum atomic E-state index is 5.76. The molecule has 0 amide bonds. The van der Waals surface area contributed by atoms with E-state index >= 15 is 0 Å². The van der Waals surface area contributed by atoms with Crippen molar-refractivity contribution in [3.8, 4) is 0 Å². The molecule has 20 heavy (non-hydrogen) atoms. The molecule has 2 atom stereocenters. The largest absolute Gasteiger partial charge is 0.370 e. The molecule has 2 fully saturated rings. The fraction of sp³-hybridized carbons (Fsp3) is 0.867. The third kappa shape index (κ3) is 3.58. The molecule has 1 aromatic heterocycles. The molecule has 2 heterocycles. The van der Waals surface area contributed by atoms with Crippen LogP contribution in [0.25, 0.3) is 0 Å². The molecule has 1 saturated heterocycles. The van der Waals surface area contributed by atoms with Gasteiger partial charge in [0.15, 0.2) is 0 Å². The summed E-state index contributed by atoms with van der Waals surface area (Å²) in [5, 5.41) is 7.58. The first-order valence-electron chi connectivity index (χ1n) is 8.01. The molecule has 2 unspecified atom stereocenters. The average molecular weight is 279 g/mol. The van der Waals surface area contributed by atoms with Crippen LogP contribution in [0.3, 0.4) is 0 Å². The molecule has 3 rings (SSSR count). The molecule has 1 saturated carbocycles. The van der Waals surface area contributed by atoms with Crippen LogP contribution in [-0.2, 0) is 11.2 Å². The van der Waals surface area contributed by atoms with Gasteiger partial charge in [-0.1, -0.05) is 5.16 Å². The molecular formula is C15H25N3O2. The third-order valence-corrected chi connectivity index (χ3v) is 4.30. The van der Waals surface area contributed by atoms with Gasteiger partial charge in [-0.2, -0.15) is 4.98 Å². The van der Waals surface area contributed by atoms with Crippen molar-refractivity contribution in [2.75, 3.05) is 19.7 Å². The van der Waals surface area contributed by atoms with Crippen LogP contribution >= 0.6 is 0 Å². The first kappa shape index (κ1) is 14.0. The van der Waals surface area contributed by atoms with Gasteiger partial charge in [0.2, 0.25) is 11.7 Å². The minimum atomic E-state index is 0.0499. The summed E-state index contributed by atoms with van der Waals surface area (Å²) in [6, 6.07) is 0. The minimum absolute atomic E-state index is 0.0499. The van der Waals surface area contributed by atoms with E-state index in [2.05, 4.69) is 15.5 Å². The Labute approximate surface area is 120 Å². The van der Waals surface area contributed by atoms with Crippen LogP contribution in [0.15, 0.2) is 4.52 Å². The second-order valence-electron chi connectivity index (χ2n) is 6.01. The first-order valence-corrected chi connectivity index (χ1v) is 8.01. The fourth-order valence-corrected chi connectivity index (χ4v) is 2.98. The summed E-state index contributed by atoms with van der Waals surface area (Å²) in [4.78, 5) is 4.55. The number of hydrogen-bond acceptors (Lipinski definition) is 5. The van der Waals surface area contributed by atoms with Crippen LogP contribution < -0.4 is 5.32 Å². The Morgan fingerprint density at radius 3 is 3.00 bits per heavy atom. The fourth-order valence-electron chi connectivity index (χ4n) is 2.98. The minimum Gasteiger partial charge on any atom is -0.370 e. The van der Waals surface area contributed by atoms with Crippen LogP contribution in [0.5, 0.6) is 0 Å². The summed E-state index contributed by atoms with van der Waals surface area (Å²) in [7, 11) is 0. The summed E-state index contributed by atoms with van der Waals surface area (Å²) in [6.45, 7) is 5.02. The van der Waals surface area contributed by atoms with Crippen molar-refractivity contribution in [1.82, 2.24) is 15.5 Å². The molecule has 1 N–H and O–H groups in total. The third-order valence-electron chi connectivity index (χ3n) is 4.30. The van der Waals surface area contributed by atoms with Gasteiger partial charge in [-0.15, -0.1) is 0 Å². The molecule has 2 aliphatic rings. The van der Waals surface area contributed by atoms with Gasteiger partial charge >= 0.3 is 0 Å². The molecule has 0 radical (unpaired) electrons. The smallest absolute Gasteiger partial charge is 0.226 e. The van der Waals surface area contributed by atoms with Crippen molar-refractivity contribution in [1.29, 1.82) is 0 Å². The zero-order valence-corrected chi connectivity index (χ0v) is 12.3. The quantitative estimate of drug-likeness (QED) is 0.831. The van der Waals surface area contributed by atoms with Gasteiger partial charge < -0.3 is 14.6 Å². The Bertz CT molecular complexity index is 411. The van der Waals surface area contributed by atoms with E-state index in [9.17, 15) is 0 Å². The zero-order valence-electron chi connectivity index (χ0n) is 12.3. The average Bonchev–Trinajstić information content (AvgIpc) is 3.22. The topological polar surface area (TPSA) is 60.2 Å². The molecular weight excluding hydrogens is 254 g/mol. The molecule has 1 aliphatic carbocycles. The van der Waals surface area contributed by atoms with E-state index in [0.29, 0.717) is 12.5 Å². The molecule has 1 aromatic rings. The highest BCUT2D eigenvalue weighted by Crippen LogP contribution is 2.42. The lowest BCUT2D eigenvalue weighted by Crippen LogP contribution is -2.29. The lowest BCUT2D eigenvalue weighted by molar-refractivity contribution is 0.0384. The Kier molecular flexibility index (Phi) is 4.68. The van der Waals surface area contributed by atoms with E-state index in [1.165, 1.54) is 32.2 Å². The Hall–Kier alpha value is -0.940. The van der Waals surface area contributed by atoms with Crippen LogP contribution in [0.4, 0.5) is 0 Å². The molecule has 0 aromatic carbocycles. The molecule has 5 heteroatoms. The van der Waals surface area contributed by atoms with Crippen molar-refractivity contribution in [2.24, 2.45) is 11.8 Å². The number of piperidine rings is 1. The highest BCUT2D eigenvalue weighted by molar-refractivity contribution is 4.98. The highest BCUT2D eigenvalue weighted by Gasteiger charge is 2.36. The van der Waals surface area contributed by atoms with Gasteiger partial charge in [-0.25, -0.2) is 0 Å². The van der Waals surface area contributed by atoms with E-state index in [1.807, 2.05) is 6.92 Å². The SMILES string of the molecule is CCOC(c1noc(CCC2CCCNC2)n1)C1CC1. The summed E-state index contributed by atoms with van der Waals surface area (Å²) in [5.41, 5.74) is 0. The van der Waals surface area contributed by atoms with Crippen molar-refractivity contribution >= 4 is 0 Å². The van der Waals surface area contributed by atoms with Crippen molar-refractivity contribution in [3.05, 3.63) is 11.7 Å². The van der Waals surface area contributed by atoms with Crippen LogP contribution in [0.2, 0.25) is 0 Å². The maximum Gasteiger partial charge on any atom is 0.226 e. The van der Waals surface area contributed by atoms with Crippen molar-refractivity contribution in [3.63, 3.8) is 0 Å². The highest BCUT2D eigenvalue weighted by atomic mass is 16.5. The number of rotatable bonds is 7. The van der Waals surface area contributed by atoms with Gasteiger partial charge in [0.25, 0.3) is 0 Å². The number of nitrogens with one attached hydrogen (secondary N) is 1. The molecule has 0 spiro atoms. The van der Waals surface area contributed by atoms with Gasteiger partial charge in [0.1, 0.15) is 6.10 Å². The summed E-state index contributed by atoms with van der Waals surface area (Å²) >= 11 is 0. The maximum absolute atomic E-state index is 5.76. The standard InChI is InChI=1S/C15H25N3O2/c1-2-19-14(12-6-7-12)15-17-13(20-18-15)8-5-11-4-3-9-16-10-11/h11-12,14,16H,2-10H2,1H3. The van der Waals surface area contributed by atoms with E-state index in [-0.39, 0.29) is 6.10 Å². The molecule has 0 bridgehead atoms. The Morgan fingerprint density at radius 2 is 2.30 bits per heavy atom. The summed E-state index contributed by atoms with van der Waals surface area (Å²) in [5.74, 6) is 2.88. The number of nitrogens with zero attached hydrogens (tertiary/aromatic N) is 2. The lowest BCUT2D eigenvalue weighted by Gasteiger charge is -2.21. The summed E-state index contributed by atoms with van der Waals surface area (Å²) in [6.07, 6.45) is 7.13. The van der Waals surface area contributed by atoms with Crippen LogP contribution in [-0.4, -0.2) is 29.8 Å². The second kappa shape index (κ2) is 6.68. The zero-order chi connectivity index (χ0) is 13.8. The summed E-state index contributed by atoms with van der Waals surface area (Å²) < 4.78 is 11.2. The monoisotopic (exact) mass is 279 g/mol. The van der Waals surface area contributed by atoms with E-state index in [4.69, 9.17) is 9.26 Å². The number of hydrogen-bond donors (Lipinski definition) is 1. The predicted octanol–water partition coefficient (Wildman–Crippen LogP) is 2.49. The number of ether oxygens (including phenoxy) is 1. The predicted molar refractivity (Wildman–Crippen MR) is 75.3 cm³/mol. The van der Waals surface area contributed by atoms with Crippen LogP contribution in [0.1, 0.15) is 56.8 Å². The van der Waals surface area contributed by atoms with Gasteiger partial charge in [0, 0.05) is 13.0 Å². The lowest BCUT2D eigenvalue weighted by atomic mass is 9.95. The molecule has 5 nitrogen and oxygen atoms in total. The molecule has 112 valence electrons. The molecule has 1 aliphatic heterocycles. The van der Waals surface area contributed by atoms with E-state index in [0.717, 1.165) is 37.0 Å². The normalized spacial score (nSPS) is 24.8. The Morgan fingerprint density at radius 1 is 1.40 bits per heavy atom. The van der Waals surface area contributed by atoms with E-state index in [1.54, 1.807) is 0 Å². The second-order valence-corrected chi connectivity index (χ2v) is 6.01. The van der Waals surface area contributed by atoms with Gasteiger partial charge in [-0.3, -0.25) is 0 Å². The van der Waals surface area contributed by atoms with Crippen molar-refractivity contribution < 1.29 is 9.26 Å². The van der Waals surface area contributed by atoms with Crippen molar-refractivity contribution in [2.45, 2.75) is 51.6 Å². The van der Waals surface area contributed by atoms with Gasteiger partial charge in [-0.05, 0) is 64.0 Å². The first-order chi connectivity index (χ1) is 9.86. The Balaban J connectivity index is 1.52. The number of aryl methyl sites for hydroxylation is 1. The van der Waals surface area contributed by atoms with Gasteiger partial charge in [0.05, 0.1) is 0 Å². The van der Waals surface area contributed by atoms with Crippen LogP contribution in [0, 0.1) is 11.8 Å². The van der Waals surface area contributed by atoms with E-state index < -0.39 is 0 Å².